The Morgan fingerprint density at radius 2 is 2.10 bits per heavy atom. The largest absolute Gasteiger partial charge is 0.343 e. The van der Waals surface area contributed by atoms with Gasteiger partial charge in [-0.2, -0.15) is 5.10 Å². The van der Waals surface area contributed by atoms with Crippen LogP contribution >= 0.6 is 0 Å². The molecule has 1 aromatic carbocycles. The third-order valence-corrected chi connectivity index (χ3v) is 4.35. The second-order valence-electron chi connectivity index (χ2n) is 5.82. The molecule has 5 nitrogen and oxygen atoms in total. The van der Waals surface area contributed by atoms with Crippen LogP contribution in [0.25, 0.3) is 10.9 Å². The number of hydrogen-bond acceptors (Lipinski definition) is 3. The quantitative estimate of drug-likeness (QED) is 0.909. The van der Waals surface area contributed by atoms with Crippen LogP contribution in [0.3, 0.4) is 0 Å². The Balaban J connectivity index is 1.64. The smallest absolute Gasteiger partial charge is 0.219 e. The molecular formula is C16H22N4O. The summed E-state index contributed by atoms with van der Waals surface area (Å²) in [6.07, 6.45) is 2.02. The Hall–Kier alpha value is -1.88. The van der Waals surface area contributed by atoms with Crippen LogP contribution < -0.4 is 5.32 Å². The van der Waals surface area contributed by atoms with Crippen molar-refractivity contribution in [1.82, 2.24) is 20.4 Å². The number of nitrogens with zero attached hydrogens (tertiary/aromatic N) is 2. The molecule has 0 bridgehead atoms. The Labute approximate surface area is 124 Å². The summed E-state index contributed by atoms with van der Waals surface area (Å²) in [6, 6.07) is 8.85. The van der Waals surface area contributed by atoms with Gasteiger partial charge < -0.3 is 10.2 Å². The number of benzene rings is 1. The Morgan fingerprint density at radius 3 is 2.81 bits per heavy atom. The molecule has 112 valence electrons. The zero-order chi connectivity index (χ0) is 14.8. The van der Waals surface area contributed by atoms with Crippen LogP contribution in [0.2, 0.25) is 0 Å². The van der Waals surface area contributed by atoms with Gasteiger partial charge in [-0.1, -0.05) is 18.2 Å². The summed E-state index contributed by atoms with van der Waals surface area (Å²) in [5.74, 6) is 0.182. The highest BCUT2D eigenvalue weighted by Gasteiger charge is 2.23. The van der Waals surface area contributed by atoms with E-state index in [2.05, 4.69) is 28.5 Å². The van der Waals surface area contributed by atoms with Gasteiger partial charge in [0.2, 0.25) is 5.91 Å². The van der Waals surface area contributed by atoms with Gasteiger partial charge in [-0.3, -0.25) is 9.89 Å². The van der Waals surface area contributed by atoms with Crippen LogP contribution in [0.5, 0.6) is 0 Å². The predicted molar refractivity (Wildman–Crippen MR) is 82.9 cm³/mol. The van der Waals surface area contributed by atoms with Gasteiger partial charge in [0.15, 0.2) is 0 Å². The van der Waals surface area contributed by atoms with E-state index in [0.29, 0.717) is 6.04 Å². The van der Waals surface area contributed by atoms with Crippen molar-refractivity contribution in [2.75, 3.05) is 13.1 Å². The van der Waals surface area contributed by atoms with E-state index in [4.69, 9.17) is 0 Å². The third-order valence-electron chi connectivity index (χ3n) is 4.35. The fraction of sp³-hybridized carbons (Fsp3) is 0.500. The highest BCUT2D eigenvalue weighted by molar-refractivity contribution is 5.81. The first-order chi connectivity index (χ1) is 10.1. The average Bonchev–Trinajstić information content (AvgIpc) is 2.92. The van der Waals surface area contributed by atoms with E-state index >= 15 is 0 Å². The van der Waals surface area contributed by atoms with Crippen molar-refractivity contribution >= 4 is 16.8 Å². The van der Waals surface area contributed by atoms with E-state index in [0.717, 1.165) is 37.1 Å². The fourth-order valence-corrected chi connectivity index (χ4v) is 3.11. The van der Waals surface area contributed by atoms with Gasteiger partial charge in [-0.25, -0.2) is 0 Å². The summed E-state index contributed by atoms with van der Waals surface area (Å²) in [7, 11) is 0. The van der Waals surface area contributed by atoms with Crippen LogP contribution in [0.1, 0.15) is 38.4 Å². The maximum Gasteiger partial charge on any atom is 0.219 e. The molecule has 2 heterocycles. The topological polar surface area (TPSA) is 61.0 Å². The van der Waals surface area contributed by atoms with Crippen molar-refractivity contribution < 1.29 is 4.79 Å². The molecule has 1 aliphatic rings. The number of piperidine rings is 1. The summed E-state index contributed by atoms with van der Waals surface area (Å²) in [5, 5.41) is 12.3. The monoisotopic (exact) mass is 286 g/mol. The average molecular weight is 286 g/mol. The van der Waals surface area contributed by atoms with Gasteiger partial charge in [0.05, 0.1) is 11.2 Å². The lowest BCUT2D eigenvalue weighted by molar-refractivity contribution is -0.129. The van der Waals surface area contributed by atoms with E-state index in [9.17, 15) is 4.79 Å². The van der Waals surface area contributed by atoms with Crippen molar-refractivity contribution in [3.63, 3.8) is 0 Å². The van der Waals surface area contributed by atoms with Crippen molar-refractivity contribution in [2.45, 2.75) is 38.8 Å². The summed E-state index contributed by atoms with van der Waals surface area (Å²) >= 11 is 0. The second-order valence-corrected chi connectivity index (χ2v) is 5.82. The van der Waals surface area contributed by atoms with E-state index in [1.807, 2.05) is 23.1 Å². The van der Waals surface area contributed by atoms with Crippen LogP contribution in [0, 0.1) is 0 Å². The molecule has 0 spiro atoms. The number of H-pyrrole nitrogens is 1. The first kappa shape index (κ1) is 14.1. The highest BCUT2D eigenvalue weighted by Crippen LogP contribution is 2.23. The minimum Gasteiger partial charge on any atom is -0.343 e. The molecule has 1 fully saturated rings. The molecule has 1 amide bonds. The number of fused-ring (bicyclic) bond motifs is 1. The first-order valence-corrected chi connectivity index (χ1v) is 7.59. The standard InChI is InChI=1S/C16H22N4O/c1-11(16-14-5-3-4-6-15(14)18-19-16)17-13-7-9-20(10-8-13)12(2)21/h3-6,11,13,17H,7-10H2,1-2H3,(H,18,19). The Bertz CT molecular complexity index is 628. The van der Waals surface area contributed by atoms with Gasteiger partial charge >= 0.3 is 0 Å². The van der Waals surface area contributed by atoms with Crippen LogP contribution in [-0.2, 0) is 4.79 Å². The molecule has 1 unspecified atom stereocenters. The molecule has 0 saturated carbocycles. The molecule has 1 atom stereocenters. The van der Waals surface area contributed by atoms with Gasteiger partial charge in [-0.15, -0.1) is 0 Å². The minimum atomic E-state index is 0.182. The van der Waals surface area contributed by atoms with E-state index < -0.39 is 0 Å². The molecule has 21 heavy (non-hydrogen) atoms. The normalized spacial score (nSPS) is 18.1. The Kier molecular flexibility index (Phi) is 3.92. The number of hydrogen-bond donors (Lipinski definition) is 2. The van der Waals surface area contributed by atoms with Gasteiger partial charge in [0.1, 0.15) is 0 Å². The Morgan fingerprint density at radius 1 is 1.38 bits per heavy atom. The van der Waals surface area contributed by atoms with Crippen molar-refractivity contribution in [3.8, 4) is 0 Å². The number of likely N-dealkylation sites (tertiary alicyclic amines) is 1. The van der Waals surface area contributed by atoms with E-state index in [1.165, 1.54) is 5.39 Å². The van der Waals surface area contributed by atoms with E-state index in [-0.39, 0.29) is 11.9 Å². The fourth-order valence-electron chi connectivity index (χ4n) is 3.11. The van der Waals surface area contributed by atoms with Crippen molar-refractivity contribution in [1.29, 1.82) is 0 Å². The predicted octanol–water partition coefficient (Wildman–Crippen LogP) is 2.22. The molecule has 1 aliphatic heterocycles. The number of rotatable bonds is 3. The summed E-state index contributed by atoms with van der Waals surface area (Å²) < 4.78 is 0. The van der Waals surface area contributed by atoms with Crippen LogP contribution in [0.15, 0.2) is 24.3 Å². The lowest BCUT2D eigenvalue weighted by atomic mass is 10.0. The SMILES string of the molecule is CC(=O)N1CCC(NC(C)c2[nH]nc3ccccc23)CC1. The van der Waals surface area contributed by atoms with Crippen molar-refractivity contribution in [3.05, 3.63) is 30.0 Å². The van der Waals surface area contributed by atoms with Gasteiger partial charge in [0.25, 0.3) is 0 Å². The lowest BCUT2D eigenvalue weighted by Crippen LogP contribution is -2.44. The molecule has 2 N–H and O–H groups in total. The van der Waals surface area contributed by atoms with Gasteiger partial charge in [-0.05, 0) is 25.8 Å². The molecule has 0 radical (unpaired) electrons. The number of amides is 1. The number of carbonyl (C=O) groups excluding carboxylic acids is 1. The third kappa shape index (κ3) is 2.93. The number of para-hydroxylation sites is 1. The van der Waals surface area contributed by atoms with Gasteiger partial charge in [0, 0.05) is 37.5 Å². The number of carbonyl (C=O) groups is 1. The lowest BCUT2D eigenvalue weighted by Gasteiger charge is -2.33. The molecule has 0 aliphatic carbocycles. The first-order valence-electron chi connectivity index (χ1n) is 7.59. The molecule has 3 rings (SSSR count). The number of aromatic amines is 1. The maximum absolute atomic E-state index is 11.4. The number of aromatic nitrogens is 2. The minimum absolute atomic E-state index is 0.182. The summed E-state index contributed by atoms with van der Waals surface area (Å²) in [5.41, 5.74) is 2.15. The maximum atomic E-state index is 11.4. The van der Waals surface area contributed by atoms with Crippen LogP contribution in [0.4, 0.5) is 0 Å². The molecule has 5 heteroatoms. The zero-order valence-corrected chi connectivity index (χ0v) is 12.6. The summed E-state index contributed by atoms with van der Waals surface area (Å²) in [6.45, 7) is 5.51. The summed E-state index contributed by atoms with van der Waals surface area (Å²) in [4.78, 5) is 13.3. The second kappa shape index (κ2) is 5.85. The molecule has 2 aromatic rings. The molecule has 1 aromatic heterocycles. The zero-order valence-electron chi connectivity index (χ0n) is 12.6. The van der Waals surface area contributed by atoms with Crippen LogP contribution in [-0.4, -0.2) is 40.1 Å². The van der Waals surface area contributed by atoms with E-state index in [1.54, 1.807) is 6.92 Å². The number of nitrogens with one attached hydrogen (secondary N) is 2. The van der Waals surface area contributed by atoms with Crippen molar-refractivity contribution in [2.24, 2.45) is 0 Å². The molecular weight excluding hydrogens is 264 g/mol. The molecule has 1 saturated heterocycles. The highest BCUT2D eigenvalue weighted by atomic mass is 16.2.